The maximum Gasteiger partial charge on any atom is 0.293 e. The zero-order valence-electron chi connectivity index (χ0n) is 8.19. The van der Waals surface area contributed by atoms with Gasteiger partial charge in [0.25, 0.3) is 6.01 Å². The van der Waals surface area contributed by atoms with Crippen LogP contribution in [0.5, 0.6) is 6.01 Å². The molecule has 5 N–H and O–H groups in total. The van der Waals surface area contributed by atoms with Crippen LogP contribution in [0.1, 0.15) is 24.4 Å². The first-order valence-electron chi connectivity index (χ1n) is 4.27. The minimum absolute atomic E-state index is 0.241. The van der Waals surface area contributed by atoms with E-state index in [4.69, 9.17) is 15.6 Å². The monoisotopic (exact) mass is 201 g/mol. The summed E-state index contributed by atoms with van der Waals surface area (Å²) in [4.78, 5) is 6.67. The Morgan fingerprint density at radius 1 is 1.64 bits per heavy atom. The van der Waals surface area contributed by atoms with Crippen LogP contribution in [0, 0.1) is 0 Å². The number of nitrogens with two attached hydrogens (primary N) is 1. The molecule has 0 aliphatic heterocycles. The van der Waals surface area contributed by atoms with Crippen LogP contribution in [0.15, 0.2) is 0 Å². The topological polar surface area (TPSA) is 104 Å². The van der Waals surface area contributed by atoms with Gasteiger partial charge in [0.1, 0.15) is 6.10 Å². The quantitative estimate of drug-likeness (QED) is 0.515. The molecule has 0 bridgehead atoms. The summed E-state index contributed by atoms with van der Waals surface area (Å²) in [5, 5.41) is 18.6. The highest BCUT2D eigenvalue weighted by atomic mass is 16.5. The molecule has 0 amide bonds. The van der Waals surface area contributed by atoms with Crippen molar-refractivity contribution in [3.8, 4) is 6.01 Å². The number of aliphatic hydroxyl groups is 2. The molecule has 2 atom stereocenters. The van der Waals surface area contributed by atoms with Crippen molar-refractivity contribution in [3.05, 3.63) is 11.4 Å². The third kappa shape index (κ3) is 2.03. The highest BCUT2D eigenvalue weighted by Crippen LogP contribution is 2.20. The summed E-state index contributed by atoms with van der Waals surface area (Å²) >= 11 is 0. The zero-order chi connectivity index (χ0) is 10.7. The first-order valence-corrected chi connectivity index (χ1v) is 4.27. The number of hydrogen-bond donors (Lipinski definition) is 4. The number of ether oxygens (including phenoxy) is 1. The number of imidazole rings is 1. The molecule has 1 aromatic rings. The molecule has 0 aliphatic carbocycles. The fraction of sp³-hybridized carbons (Fsp3) is 0.625. The maximum absolute atomic E-state index is 9.64. The fourth-order valence-electron chi connectivity index (χ4n) is 1.11. The van der Waals surface area contributed by atoms with Gasteiger partial charge in [-0.1, -0.05) is 0 Å². The molecule has 0 aliphatic rings. The second-order valence-electron chi connectivity index (χ2n) is 3.07. The SMILES string of the molecule is COc1nc(C(O)C(C)N)c(CO)[nH]1. The van der Waals surface area contributed by atoms with E-state index in [9.17, 15) is 5.11 Å². The van der Waals surface area contributed by atoms with E-state index in [2.05, 4.69) is 9.97 Å². The summed E-state index contributed by atoms with van der Waals surface area (Å²) in [6, 6.07) is -0.197. The van der Waals surface area contributed by atoms with Crippen molar-refractivity contribution < 1.29 is 14.9 Å². The van der Waals surface area contributed by atoms with E-state index < -0.39 is 12.1 Å². The number of aromatic amines is 1. The van der Waals surface area contributed by atoms with Crippen molar-refractivity contribution >= 4 is 0 Å². The normalized spacial score (nSPS) is 15.2. The molecule has 0 fully saturated rings. The molecule has 80 valence electrons. The van der Waals surface area contributed by atoms with Gasteiger partial charge >= 0.3 is 0 Å². The summed E-state index contributed by atoms with van der Waals surface area (Å²) in [6.07, 6.45) is -0.905. The van der Waals surface area contributed by atoms with Gasteiger partial charge in [-0.05, 0) is 6.92 Å². The van der Waals surface area contributed by atoms with E-state index >= 15 is 0 Å². The van der Waals surface area contributed by atoms with E-state index in [1.54, 1.807) is 6.92 Å². The zero-order valence-corrected chi connectivity index (χ0v) is 8.19. The number of aromatic nitrogens is 2. The van der Waals surface area contributed by atoms with Crippen LogP contribution in [0.2, 0.25) is 0 Å². The molecule has 2 unspecified atom stereocenters. The number of rotatable bonds is 4. The average Bonchev–Trinajstić information content (AvgIpc) is 2.59. The largest absolute Gasteiger partial charge is 0.468 e. The van der Waals surface area contributed by atoms with Gasteiger partial charge in [-0.3, -0.25) is 0 Å². The van der Waals surface area contributed by atoms with Crippen LogP contribution < -0.4 is 10.5 Å². The van der Waals surface area contributed by atoms with Crippen molar-refractivity contribution in [2.24, 2.45) is 5.73 Å². The second kappa shape index (κ2) is 4.41. The molecule has 1 heterocycles. The van der Waals surface area contributed by atoms with E-state index in [0.717, 1.165) is 0 Å². The highest BCUT2D eigenvalue weighted by Gasteiger charge is 2.20. The summed E-state index contributed by atoms with van der Waals surface area (Å²) in [5.74, 6) is 0. The van der Waals surface area contributed by atoms with Crippen LogP contribution in [-0.2, 0) is 6.61 Å². The van der Waals surface area contributed by atoms with Gasteiger partial charge in [0.15, 0.2) is 0 Å². The van der Waals surface area contributed by atoms with E-state index in [-0.39, 0.29) is 12.6 Å². The van der Waals surface area contributed by atoms with Gasteiger partial charge in [0.2, 0.25) is 0 Å². The number of methoxy groups -OCH3 is 1. The van der Waals surface area contributed by atoms with Gasteiger partial charge in [-0.15, -0.1) is 0 Å². The Bertz CT molecular complexity index is 298. The van der Waals surface area contributed by atoms with Crippen LogP contribution in [-0.4, -0.2) is 33.3 Å². The molecule has 1 aromatic heterocycles. The standard InChI is InChI=1S/C8H15N3O3/c1-4(9)7(13)6-5(3-12)10-8(11-6)14-2/h4,7,12-13H,3,9H2,1-2H3,(H,10,11). The number of H-pyrrole nitrogens is 1. The number of nitrogens with one attached hydrogen (secondary N) is 1. The molecule has 0 aromatic carbocycles. The molecule has 6 nitrogen and oxygen atoms in total. The molecule has 0 spiro atoms. The van der Waals surface area contributed by atoms with Gasteiger partial charge in [-0.25, -0.2) is 0 Å². The minimum atomic E-state index is -0.905. The lowest BCUT2D eigenvalue weighted by Gasteiger charge is -2.12. The van der Waals surface area contributed by atoms with Gasteiger partial charge in [-0.2, -0.15) is 4.98 Å². The lowest BCUT2D eigenvalue weighted by Crippen LogP contribution is -2.25. The minimum Gasteiger partial charge on any atom is -0.468 e. The van der Waals surface area contributed by atoms with E-state index in [1.807, 2.05) is 0 Å². The molecule has 1 rings (SSSR count). The Morgan fingerprint density at radius 3 is 2.71 bits per heavy atom. The molecule has 6 heteroatoms. The molecule has 0 radical (unpaired) electrons. The smallest absolute Gasteiger partial charge is 0.293 e. The molecule has 0 saturated heterocycles. The van der Waals surface area contributed by atoms with Crippen LogP contribution in [0.25, 0.3) is 0 Å². The van der Waals surface area contributed by atoms with Gasteiger partial charge in [0, 0.05) is 6.04 Å². The molecule has 0 saturated carbocycles. The van der Waals surface area contributed by atoms with E-state index in [1.165, 1.54) is 7.11 Å². The van der Waals surface area contributed by atoms with Crippen LogP contribution in [0.4, 0.5) is 0 Å². The van der Waals surface area contributed by atoms with Crippen molar-refractivity contribution in [3.63, 3.8) is 0 Å². The summed E-state index contributed by atoms with van der Waals surface area (Å²) in [5.41, 5.74) is 6.27. The van der Waals surface area contributed by atoms with Crippen LogP contribution in [0.3, 0.4) is 0 Å². The maximum atomic E-state index is 9.64. The molecule has 14 heavy (non-hydrogen) atoms. The lowest BCUT2D eigenvalue weighted by molar-refractivity contribution is 0.145. The predicted molar refractivity (Wildman–Crippen MR) is 49.7 cm³/mol. The molecular formula is C8H15N3O3. The number of nitrogens with zero attached hydrogens (tertiary/aromatic N) is 1. The first-order chi connectivity index (χ1) is 6.60. The van der Waals surface area contributed by atoms with E-state index in [0.29, 0.717) is 11.4 Å². The third-order valence-corrected chi connectivity index (χ3v) is 1.92. The number of aliphatic hydroxyl groups excluding tert-OH is 2. The third-order valence-electron chi connectivity index (χ3n) is 1.92. The van der Waals surface area contributed by atoms with Gasteiger partial charge < -0.3 is 25.7 Å². The summed E-state index contributed by atoms with van der Waals surface area (Å²) in [7, 11) is 1.45. The van der Waals surface area contributed by atoms with Crippen molar-refractivity contribution in [2.45, 2.75) is 25.7 Å². The molecular weight excluding hydrogens is 186 g/mol. The first kappa shape index (κ1) is 11.0. The lowest BCUT2D eigenvalue weighted by atomic mass is 10.1. The van der Waals surface area contributed by atoms with Crippen LogP contribution >= 0.6 is 0 Å². The predicted octanol–water partition coefficient (Wildman–Crippen LogP) is -0.709. The average molecular weight is 201 g/mol. The Morgan fingerprint density at radius 2 is 2.29 bits per heavy atom. The summed E-state index contributed by atoms with van der Waals surface area (Å²) < 4.78 is 4.84. The number of hydrogen-bond acceptors (Lipinski definition) is 5. The summed E-state index contributed by atoms with van der Waals surface area (Å²) in [6.45, 7) is 1.42. The van der Waals surface area contributed by atoms with Crippen molar-refractivity contribution in [2.75, 3.05) is 7.11 Å². The Hall–Kier alpha value is -1.11. The Balaban J connectivity index is 2.99. The van der Waals surface area contributed by atoms with Gasteiger partial charge in [0.05, 0.1) is 25.1 Å². The Labute approximate surface area is 81.7 Å². The second-order valence-corrected chi connectivity index (χ2v) is 3.07. The fourth-order valence-corrected chi connectivity index (χ4v) is 1.11. The van der Waals surface area contributed by atoms with Crippen molar-refractivity contribution in [1.82, 2.24) is 9.97 Å². The highest BCUT2D eigenvalue weighted by molar-refractivity contribution is 5.20. The Kier molecular flexibility index (Phi) is 3.45. The van der Waals surface area contributed by atoms with Crippen molar-refractivity contribution in [1.29, 1.82) is 0 Å².